The number of hydrogen-bond donors (Lipinski definition) is 2. The van der Waals surface area contributed by atoms with Gasteiger partial charge in [-0.2, -0.15) is 0 Å². The first kappa shape index (κ1) is 18.8. The summed E-state index contributed by atoms with van der Waals surface area (Å²) in [6.45, 7) is 6.99. The molecule has 3 N–H and O–H groups in total. The largest absolute Gasteiger partial charge is 0.444 e. The van der Waals surface area contributed by atoms with Gasteiger partial charge in [0.1, 0.15) is 30.7 Å². The van der Waals surface area contributed by atoms with Gasteiger partial charge in [-0.15, -0.1) is 0 Å². The zero-order valence-electron chi connectivity index (χ0n) is 15.2. The smallest absolute Gasteiger partial charge is 0.407 e. The van der Waals surface area contributed by atoms with Crippen molar-refractivity contribution >= 4 is 23.9 Å². The Morgan fingerprint density at radius 3 is 2.68 bits per heavy atom. The van der Waals surface area contributed by atoms with E-state index in [0.717, 1.165) is 25.9 Å². The molecule has 1 aliphatic heterocycles. The first-order valence-corrected chi connectivity index (χ1v) is 8.21. The number of carbonyl (C=O) groups is 1. The highest BCUT2D eigenvalue weighted by Gasteiger charge is 2.25. The van der Waals surface area contributed by atoms with E-state index in [1.54, 1.807) is 0 Å². The SMILES string of the molecule is CON=Cc1c(N)ncnc1N1CCC(NC(=O)OC(C)(C)C)CC1. The summed E-state index contributed by atoms with van der Waals surface area (Å²) in [7, 11) is 1.46. The quantitative estimate of drug-likeness (QED) is 0.625. The zero-order valence-corrected chi connectivity index (χ0v) is 15.2. The number of ether oxygens (including phenoxy) is 1. The Hall–Kier alpha value is -2.58. The standard InChI is InChI=1S/C16H26N6O3/c1-16(2,3)25-15(23)21-11-5-7-22(8-6-11)14-12(9-20-24-4)13(17)18-10-19-14/h9-11H,5-8H2,1-4H3,(H,21,23)(H2,17,18,19). The number of amides is 1. The van der Waals surface area contributed by atoms with Crippen LogP contribution in [0.15, 0.2) is 11.5 Å². The molecule has 0 bridgehead atoms. The van der Waals surface area contributed by atoms with Crippen LogP contribution in [0.1, 0.15) is 39.2 Å². The van der Waals surface area contributed by atoms with Crippen LogP contribution in [-0.4, -0.2) is 54.1 Å². The maximum atomic E-state index is 11.9. The molecule has 1 aromatic heterocycles. The molecule has 1 saturated heterocycles. The van der Waals surface area contributed by atoms with Crippen LogP contribution in [0.4, 0.5) is 16.4 Å². The lowest BCUT2D eigenvalue weighted by atomic mass is 10.0. The number of piperidine rings is 1. The Balaban J connectivity index is 1.98. The predicted octanol–water partition coefficient (Wildman–Crippen LogP) is 1.53. The number of oxime groups is 1. The lowest BCUT2D eigenvalue weighted by Crippen LogP contribution is -2.46. The van der Waals surface area contributed by atoms with Gasteiger partial charge in [0.05, 0.1) is 11.8 Å². The first-order valence-electron chi connectivity index (χ1n) is 8.21. The van der Waals surface area contributed by atoms with Gasteiger partial charge >= 0.3 is 6.09 Å². The van der Waals surface area contributed by atoms with E-state index in [2.05, 4.69) is 25.3 Å². The number of aromatic nitrogens is 2. The second-order valence-corrected chi connectivity index (χ2v) is 6.82. The van der Waals surface area contributed by atoms with Gasteiger partial charge < -0.3 is 25.5 Å². The topological polar surface area (TPSA) is 115 Å². The van der Waals surface area contributed by atoms with E-state index in [1.807, 2.05) is 20.8 Å². The van der Waals surface area contributed by atoms with Crippen molar-refractivity contribution in [3.05, 3.63) is 11.9 Å². The van der Waals surface area contributed by atoms with Gasteiger partial charge in [-0.05, 0) is 33.6 Å². The Bertz CT molecular complexity index is 621. The van der Waals surface area contributed by atoms with Crippen LogP contribution in [-0.2, 0) is 9.57 Å². The summed E-state index contributed by atoms with van der Waals surface area (Å²) in [5.41, 5.74) is 6.05. The molecule has 0 atom stereocenters. The predicted molar refractivity (Wildman–Crippen MR) is 95.7 cm³/mol. The molecule has 9 nitrogen and oxygen atoms in total. The monoisotopic (exact) mass is 350 g/mol. The van der Waals surface area contributed by atoms with E-state index in [4.69, 9.17) is 15.3 Å². The highest BCUT2D eigenvalue weighted by Crippen LogP contribution is 2.23. The number of nitrogens with zero attached hydrogens (tertiary/aromatic N) is 4. The number of carbonyl (C=O) groups excluding carboxylic acids is 1. The molecule has 0 spiro atoms. The third kappa shape index (κ3) is 5.47. The summed E-state index contributed by atoms with van der Waals surface area (Å²) in [6, 6.07) is 0.0707. The number of nitrogens with two attached hydrogens (primary N) is 1. The summed E-state index contributed by atoms with van der Waals surface area (Å²) in [5.74, 6) is 1.06. The summed E-state index contributed by atoms with van der Waals surface area (Å²) >= 11 is 0. The molecule has 2 rings (SSSR count). The highest BCUT2D eigenvalue weighted by molar-refractivity contribution is 5.91. The van der Waals surface area contributed by atoms with E-state index >= 15 is 0 Å². The van der Waals surface area contributed by atoms with Gasteiger partial charge in [0.2, 0.25) is 0 Å². The maximum absolute atomic E-state index is 11.9. The van der Waals surface area contributed by atoms with E-state index in [-0.39, 0.29) is 12.1 Å². The number of nitrogen functional groups attached to an aromatic ring is 1. The van der Waals surface area contributed by atoms with Crippen molar-refractivity contribution in [1.82, 2.24) is 15.3 Å². The van der Waals surface area contributed by atoms with Crippen LogP contribution in [0.2, 0.25) is 0 Å². The van der Waals surface area contributed by atoms with Crippen LogP contribution in [0.3, 0.4) is 0 Å². The molecule has 2 heterocycles. The van der Waals surface area contributed by atoms with Crippen LogP contribution in [0.5, 0.6) is 0 Å². The lowest BCUT2D eigenvalue weighted by Gasteiger charge is -2.34. The van der Waals surface area contributed by atoms with E-state index < -0.39 is 5.60 Å². The minimum absolute atomic E-state index is 0.0707. The summed E-state index contributed by atoms with van der Waals surface area (Å²) in [5, 5.41) is 6.68. The van der Waals surface area contributed by atoms with Crippen molar-refractivity contribution in [3.63, 3.8) is 0 Å². The number of anilines is 2. The van der Waals surface area contributed by atoms with Crippen molar-refractivity contribution in [1.29, 1.82) is 0 Å². The van der Waals surface area contributed by atoms with E-state index in [1.165, 1.54) is 19.7 Å². The second kappa shape index (κ2) is 8.00. The molecule has 25 heavy (non-hydrogen) atoms. The lowest BCUT2D eigenvalue weighted by molar-refractivity contribution is 0.0497. The Morgan fingerprint density at radius 2 is 2.08 bits per heavy atom. The molecule has 0 aliphatic carbocycles. The third-order valence-electron chi connectivity index (χ3n) is 3.70. The third-order valence-corrected chi connectivity index (χ3v) is 3.70. The minimum atomic E-state index is -0.501. The van der Waals surface area contributed by atoms with Gasteiger partial charge in [-0.25, -0.2) is 14.8 Å². The molecule has 138 valence electrons. The average Bonchev–Trinajstić information content (AvgIpc) is 2.52. The molecule has 0 radical (unpaired) electrons. The number of alkyl carbamates (subject to hydrolysis) is 1. The van der Waals surface area contributed by atoms with Crippen molar-refractivity contribution in [2.24, 2.45) is 5.16 Å². The first-order chi connectivity index (χ1) is 11.8. The maximum Gasteiger partial charge on any atom is 0.407 e. The van der Waals surface area contributed by atoms with Gasteiger partial charge in [-0.3, -0.25) is 0 Å². The number of nitrogens with one attached hydrogen (secondary N) is 1. The molecule has 0 unspecified atom stereocenters. The van der Waals surface area contributed by atoms with Crippen LogP contribution in [0, 0.1) is 0 Å². The summed E-state index contributed by atoms with van der Waals surface area (Å²) in [6.07, 6.45) is 4.12. The Labute approximate surface area is 147 Å². The fourth-order valence-electron chi connectivity index (χ4n) is 2.59. The highest BCUT2D eigenvalue weighted by atomic mass is 16.6. The summed E-state index contributed by atoms with van der Waals surface area (Å²) in [4.78, 5) is 27.0. The molecule has 1 amide bonds. The molecular weight excluding hydrogens is 324 g/mol. The average molecular weight is 350 g/mol. The van der Waals surface area contributed by atoms with Crippen molar-refractivity contribution in [2.75, 3.05) is 30.8 Å². The van der Waals surface area contributed by atoms with Crippen LogP contribution < -0.4 is 16.0 Å². The minimum Gasteiger partial charge on any atom is -0.444 e. The van der Waals surface area contributed by atoms with Crippen molar-refractivity contribution in [3.8, 4) is 0 Å². The van der Waals surface area contributed by atoms with Crippen molar-refractivity contribution in [2.45, 2.75) is 45.3 Å². The number of hydrogen-bond acceptors (Lipinski definition) is 8. The number of rotatable bonds is 4. The fourth-order valence-corrected chi connectivity index (χ4v) is 2.59. The van der Waals surface area contributed by atoms with Gasteiger partial charge in [-0.1, -0.05) is 5.16 Å². The van der Waals surface area contributed by atoms with Gasteiger partial charge in [0.15, 0.2) is 0 Å². The molecule has 9 heteroatoms. The Morgan fingerprint density at radius 1 is 1.40 bits per heavy atom. The molecule has 1 fully saturated rings. The van der Waals surface area contributed by atoms with E-state index in [0.29, 0.717) is 17.2 Å². The molecular formula is C16H26N6O3. The van der Waals surface area contributed by atoms with Gasteiger partial charge in [0, 0.05) is 19.1 Å². The van der Waals surface area contributed by atoms with Gasteiger partial charge in [0.25, 0.3) is 0 Å². The molecule has 1 aromatic rings. The van der Waals surface area contributed by atoms with Crippen molar-refractivity contribution < 1.29 is 14.4 Å². The normalized spacial score (nSPS) is 16.1. The van der Waals surface area contributed by atoms with Crippen LogP contribution in [0.25, 0.3) is 0 Å². The Kier molecular flexibility index (Phi) is 6.00. The van der Waals surface area contributed by atoms with E-state index in [9.17, 15) is 4.79 Å². The fraction of sp³-hybridized carbons (Fsp3) is 0.625. The van der Waals surface area contributed by atoms with Crippen LogP contribution >= 0.6 is 0 Å². The summed E-state index contributed by atoms with van der Waals surface area (Å²) < 4.78 is 5.30. The molecule has 0 saturated carbocycles. The molecule has 0 aromatic carbocycles. The molecule has 1 aliphatic rings. The second-order valence-electron chi connectivity index (χ2n) is 6.82. The zero-order chi connectivity index (χ0) is 18.4.